The maximum atomic E-state index is 4.76. The summed E-state index contributed by atoms with van der Waals surface area (Å²) in [6.07, 6.45) is 0. The van der Waals surface area contributed by atoms with Crippen LogP contribution in [0, 0.1) is 26.8 Å². The van der Waals surface area contributed by atoms with Gasteiger partial charge < -0.3 is 0 Å². The Kier molecular flexibility index (Phi) is 5.81. The van der Waals surface area contributed by atoms with E-state index in [2.05, 4.69) is 39.0 Å². The third-order valence-electron chi connectivity index (χ3n) is 1.28. The summed E-state index contributed by atoms with van der Waals surface area (Å²) in [4.78, 5) is 0. The molecule has 0 aliphatic carbocycles. The summed E-state index contributed by atoms with van der Waals surface area (Å²) < 4.78 is 0. The predicted molar refractivity (Wildman–Crippen MR) is 45.3 cm³/mol. The summed E-state index contributed by atoms with van der Waals surface area (Å²) >= 11 is 0.847. The Morgan fingerprint density at radius 1 is 1.09 bits per heavy atom. The van der Waals surface area contributed by atoms with Crippen LogP contribution in [0.25, 0.3) is 0 Å². The Morgan fingerprint density at radius 3 is 1.73 bits per heavy atom. The van der Waals surface area contributed by atoms with Crippen LogP contribution in [0.1, 0.15) is 16.7 Å². The molecule has 0 saturated carbocycles. The topological polar surface area (TPSA) is 0 Å². The zero-order valence-electron chi connectivity index (χ0n) is 7.24. The van der Waals surface area contributed by atoms with Crippen molar-refractivity contribution in [2.75, 3.05) is 0 Å². The fourth-order valence-electron chi connectivity index (χ4n) is 1.11. The third kappa shape index (κ3) is 4.55. The van der Waals surface area contributed by atoms with Gasteiger partial charge in [0.15, 0.2) is 0 Å². The van der Waals surface area contributed by atoms with Crippen molar-refractivity contribution in [3.63, 3.8) is 0 Å². The summed E-state index contributed by atoms with van der Waals surface area (Å²) in [5, 5.41) is 0. The van der Waals surface area contributed by atoms with Gasteiger partial charge in [-0.15, -0.1) is 0 Å². The van der Waals surface area contributed by atoms with Crippen molar-refractivity contribution in [3.05, 3.63) is 34.9 Å². The summed E-state index contributed by atoms with van der Waals surface area (Å²) in [7, 11) is 4.76. The van der Waals surface area contributed by atoms with Crippen molar-refractivity contribution in [1.82, 2.24) is 0 Å². The van der Waals surface area contributed by atoms with Gasteiger partial charge in [-0.25, -0.2) is 0 Å². The molecule has 0 spiro atoms. The van der Waals surface area contributed by atoms with Crippen LogP contribution in [-0.4, -0.2) is 0 Å². The Morgan fingerprint density at radius 2 is 1.45 bits per heavy atom. The van der Waals surface area contributed by atoms with Crippen molar-refractivity contribution in [3.8, 4) is 0 Å². The number of aryl methyl sites for hydroxylation is 3. The van der Waals surface area contributed by atoms with Crippen molar-refractivity contribution < 1.29 is 17.3 Å². The van der Waals surface area contributed by atoms with Gasteiger partial charge in [0.2, 0.25) is 0 Å². The van der Waals surface area contributed by atoms with E-state index in [0.29, 0.717) is 0 Å². The molecule has 0 aromatic heterocycles. The van der Waals surface area contributed by atoms with Crippen LogP contribution in [0.4, 0.5) is 0 Å². The van der Waals surface area contributed by atoms with E-state index < -0.39 is 0 Å². The zero-order chi connectivity index (χ0) is 8.85. The molecule has 11 heavy (non-hydrogen) atoms. The van der Waals surface area contributed by atoms with E-state index in [1.807, 2.05) is 0 Å². The van der Waals surface area contributed by atoms with Gasteiger partial charge >= 0.3 is 27.0 Å². The summed E-state index contributed by atoms with van der Waals surface area (Å²) in [6.45, 7) is 6.24. The van der Waals surface area contributed by atoms with Crippen LogP contribution in [-0.2, 0) is 17.3 Å². The fourth-order valence-corrected chi connectivity index (χ4v) is 1.11. The molecule has 0 fully saturated rings. The molecule has 0 saturated heterocycles. The fraction of sp³-hybridized carbons (Fsp3) is 0.333. The van der Waals surface area contributed by atoms with Gasteiger partial charge in [0, 0.05) is 0 Å². The van der Waals surface area contributed by atoms with Crippen LogP contribution in [0.2, 0.25) is 0 Å². The molecule has 1 aromatic carbocycles. The number of hydrogen-bond donors (Lipinski definition) is 0. The van der Waals surface area contributed by atoms with E-state index in [1.165, 1.54) is 16.7 Å². The molecule has 1 rings (SSSR count). The van der Waals surface area contributed by atoms with Crippen LogP contribution in [0.15, 0.2) is 12.1 Å². The van der Waals surface area contributed by atoms with E-state index >= 15 is 0 Å². The quantitative estimate of drug-likeness (QED) is 0.465. The minimum atomic E-state index is 0.847. The first-order valence-corrected chi connectivity index (χ1v) is 7.32. The van der Waals surface area contributed by atoms with Crippen LogP contribution < -0.4 is 0 Å². The Balaban J connectivity index is 0.000000461. The maximum absolute atomic E-state index is 4.76. The molecule has 0 aliphatic rings. The molecule has 0 nitrogen and oxygen atoms in total. The first kappa shape index (κ1) is 11.1. The molecule has 0 radical (unpaired) electrons. The van der Waals surface area contributed by atoms with Gasteiger partial charge in [-0.05, 0) is 0 Å². The number of rotatable bonds is 0. The third-order valence-corrected chi connectivity index (χ3v) is 1.28. The van der Waals surface area contributed by atoms with Crippen molar-refractivity contribution in [2.45, 2.75) is 20.8 Å². The number of halogens is 1. The average molecular weight is 220 g/mol. The van der Waals surface area contributed by atoms with Gasteiger partial charge in [0.1, 0.15) is 0 Å². The second kappa shape index (κ2) is 5.74. The molecule has 0 unspecified atom stereocenters. The molecule has 0 N–H and O–H groups in total. The Hall–Kier alpha value is 0.133. The van der Waals surface area contributed by atoms with Gasteiger partial charge in [0.05, 0.1) is 0 Å². The van der Waals surface area contributed by atoms with Gasteiger partial charge in [-0.3, -0.25) is 0 Å². The second-order valence-corrected chi connectivity index (χ2v) is 2.52. The first-order chi connectivity index (χ1) is 5.18. The monoisotopic (exact) mass is 218 g/mol. The van der Waals surface area contributed by atoms with Crippen molar-refractivity contribution >= 4 is 9.69 Å². The minimum absolute atomic E-state index is 0.847. The van der Waals surface area contributed by atoms with Crippen molar-refractivity contribution in [2.24, 2.45) is 0 Å². The Bertz CT molecular complexity index is 170. The Labute approximate surface area is 82.7 Å². The van der Waals surface area contributed by atoms with E-state index in [-0.39, 0.29) is 0 Å². The molecule has 0 aliphatic heterocycles. The molecule has 0 atom stereocenters. The number of hydrogen-bond acceptors (Lipinski definition) is 0. The van der Waals surface area contributed by atoms with Crippen LogP contribution >= 0.6 is 9.69 Å². The standard InChI is InChI=1S/C9H11.ClH.Zn/c1-7-4-8(2)6-9(3)5-7;;/h4-5H,1-3H3;1H;/q-1;;+2/p-1. The molecule has 1 aromatic rings. The van der Waals surface area contributed by atoms with Gasteiger partial charge in [-0.1, -0.05) is 20.8 Å². The van der Waals surface area contributed by atoms with Crippen molar-refractivity contribution in [1.29, 1.82) is 0 Å². The summed E-state index contributed by atoms with van der Waals surface area (Å²) in [5.74, 6) is 0. The predicted octanol–water partition coefficient (Wildman–Crippen LogP) is 3.10. The van der Waals surface area contributed by atoms with E-state index in [1.54, 1.807) is 0 Å². The van der Waals surface area contributed by atoms with E-state index in [4.69, 9.17) is 9.69 Å². The molecule has 56 valence electrons. The molecular weight excluding hydrogens is 209 g/mol. The van der Waals surface area contributed by atoms with Gasteiger partial charge in [0.25, 0.3) is 0 Å². The van der Waals surface area contributed by atoms with Gasteiger partial charge in [-0.2, -0.15) is 34.9 Å². The molecule has 2 heteroatoms. The molecule has 0 bridgehead atoms. The molecule has 0 heterocycles. The molecular formula is C9H11ClZn. The molecule has 0 amide bonds. The average Bonchev–Trinajstić information content (AvgIpc) is 1.88. The first-order valence-electron chi connectivity index (χ1n) is 3.42. The second-order valence-electron chi connectivity index (χ2n) is 2.52. The zero-order valence-corrected chi connectivity index (χ0v) is 11.0. The summed E-state index contributed by atoms with van der Waals surface area (Å²) in [5.41, 5.74) is 3.78. The van der Waals surface area contributed by atoms with Crippen LogP contribution in [0.3, 0.4) is 0 Å². The SMILES string of the molecule is Cc1[c-]c(C)cc(C)c1.[Cl][Zn+]. The normalized spacial score (nSPS) is 8.55. The van der Waals surface area contributed by atoms with E-state index in [9.17, 15) is 0 Å². The number of benzene rings is 1. The van der Waals surface area contributed by atoms with E-state index in [0.717, 1.165) is 17.3 Å². The van der Waals surface area contributed by atoms with Crippen LogP contribution in [0.5, 0.6) is 0 Å². The summed E-state index contributed by atoms with van der Waals surface area (Å²) in [6, 6.07) is 7.47.